The quantitative estimate of drug-likeness (QED) is 0.435. The molecule has 1 saturated heterocycles. The van der Waals surface area contributed by atoms with Crippen molar-refractivity contribution in [3.8, 4) is 28.7 Å². The van der Waals surface area contributed by atoms with Crippen LogP contribution in [0.1, 0.15) is 31.3 Å². The Morgan fingerprint density at radius 2 is 1.41 bits per heavy atom. The highest BCUT2D eigenvalue weighted by molar-refractivity contribution is 8.19. The summed E-state index contributed by atoms with van der Waals surface area (Å²) in [4.78, 5) is 12.5. The minimum Gasteiger partial charge on any atom is -0.493 e. The largest absolute Gasteiger partial charge is 0.493 e. The number of ether oxygens (including phenoxy) is 5. The van der Waals surface area contributed by atoms with Gasteiger partial charge >= 0.3 is 0 Å². The van der Waals surface area contributed by atoms with E-state index >= 15 is 0 Å². The lowest BCUT2D eigenvalue weighted by atomic mass is 10.1. The van der Waals surface area contributed by atoms with Crippen LogP contribution in [0.5, 0.6) is 28.7 Å². The van der Waals surface area contributed by atoms with Crippen molar-refractivity contribution in [3.05, 3.63) is 41.0 Å². The topological polar surface area (TPSA) is 86.7 Å². The smallest absolute Gasteiger partial charge is 0.280 e. The summed E-state index contributed by atoms with van der Waals surface area (Å²) in [6.45, 7) is 0. The Morgan fingerprint density at radius 3 is 1.91 bits per heavy atom. The lowest BCUT2D eigenvalue weighted by molar-refractivity contribution is -0.0377. The Hall–Kier alpha value is -2.43. The minimum absolute atomic E-state index is 0.0967. The summed E-state index contributed by atoms with van der Waals surface area (Å²) in [5.41, 5.74) is 2.21. The van der Waals surface area contributed by atoms with E-state index in [1.54, 1.807) is 50.9 Å². The predicted molar refractivity (Wildman–Crippen MR) is 125 cm³/mol. The molecule has 10 heteroatoms. The number of rotatable bonds is 8. The standard InChI is InChI=1S/C22H27NO7S2/c1-23(25)21(24)14-7-12(8-15(26-2)19(14)29-5)18-11-31-22(32-18)13-9-16(27-3)20(30-6)17(10-13)28-4/h7-10,18,22,25H,11H2,1-6H3/t18-,22+/m0/s1. The molecule has 174 valence electrons. The molecule has 3 rings (SSSR count). The lowest BCUT2D eigenvalue weighted by Gasteiger charge is -2.19. The van der Waals surface area contributed by atoms with Crippen molar-refractivity contribution >= 4 is 29.4 Å². The molecule has 0 unspecified atom stereocenters. The summed E-state index contributed by atoms with van der Waals surface area (Å²) in [7, 11) is 9.04. The highest BCUT2D eigenvalue weighted by Crippen LogP contribution is 2.58. The van der Waals surface area contributed by atoms with E-state index in [-0.39, 0.29) is 15.4 Å². The predicted octanol–water partition coefficient (Wildman–Crippen LogP) is 4.41. The van der Waals surface area contributed by atoms with Gasteiger partial charge in [0.15, 0.2) is 23.0 Å². The number of benzene rings is 2. The Labute approximate surface area is 196 Å². The van der Waals surface area contributed by atoms with E-state index in [4.69, 9.17) is 23.7 Å². The molecular formula is C22H27NO7S2. The molecule has 1 heterocycles. The van der Waals surface area contributed by atoms with Crippen LogP contribution in [0.3, 0.4) is 0 Å². The summed E-state index contributed by atoms with van der Waals surface area (Å²) in [5, 5.41) is 10.3. The molecule has 8 nitrogen and oxygen atoms in total. The van der Waals surface area contributed by atoms with Crippen LogP contribution in [-0.4, -0.2) is 64.5 Å². The number of amides is 1. The third-order valence-corrected chi connectivity index (χ3v) is 8.38. The molecule has 2 atom stereocenters. The molecular weight excluding hydrogens is 454 g/mol. The number of nitrogens with zero attached hydrogens (tertiary/aromatic N) is 1. The average Bonchev–Trinajstić information content (AvgIpc) is 3.31. The first kappa shape index (κ1) is 24.2. The number of carbonyl (C=O) groups excluding carboxylic acids is 1. The fourth-order valence-corrected chi connectivity index (χ4v) is 6.75. The van der Waals surface area contributed by atoms with Gasteiger partial charge in [0.05, 0.1) is 45.7 Å². The van der Waals surface area contributed by atoms with E-state index < -0.39 is 5.91 Å². The number of methoxy groups -OCH3 is 5. The zero-order valence-corrected chi connectivity index (χ0v) is 20.5. The van der Waals surface area contributed by atoms with Crippen molar-refractivity contribution in [2.75, 3.05) is 48.3 Å². The Bertz CT molecular complexity index is 958. The molecule has 32 heavy (non-hydrogen) atoms. The van der Waals surface area contributed by atoms with Gasteiger partial charge in [-0.05, 0) is 35.4 Å². The molecule has 0 spiro atoms. The normalized spacial score (nSPS) is 17.6. The molecule has 1 fully saturated rings. The van der Waals surface area contributed by atoms with E-state index in [1.165, 1.54) is 21.3 Å². The maximum atomic E-state index is 12.5. The zero-order valence-electron chi connectivity index (χ0n) is 18.8. The summed E-state index contributed by atoms with van der Waals surface area (Å²) in [6, 6.07) is 7.55. The minimum atomic E-state index is -0.571. The van der Waals surface area contributed by atoms with Gasteiger partial charge in [-0.15, -0.1) is 23.5 Å². The maximum Gasteiger partial charge on any atom is 0.280 e. The van der Waals surface area contributed by atoms with Gasteiger partial charge in [0.25, 0.3) is 5.91 Å². The summed E-state index contributed by atoms with van der Waals surface area (Å²) >= 11 is 3.55. The van der Waals surface area contributed by atoms with Gasteiger partial charge in [0.1, 0.15) is 0 Å². The van der Waals surface area contributed by atoms with Crippen LogP contribution in [0.2, 0.25) is 0 Å². The van der Waals surface area contributed by atoms with Crippen molar-refractivity contribution in [2.24, 2.45) is 0 Å². The molecule has 0 radical (unpaired) electrons. The van der Waals surface area contributed by atoms with Gasteiger partial charge in [-0.25, -0.2) is 5.06 Å². The van der Waals surface area contributed by atoms with Crippen LogP contribution in [-0.2, 0) is 0 Å². The second kappa shape index (κ2) is 10.5. The van der Waals surface area contributed by atoms with E-state index in [0.717, 1.165) is 16.9 Å². The van der Waals surface area contributed by atoms with E-state index in [0.29, 0.717) is 33.8 Å². The highest BCUT2D eigenvalue weighted by Gasteiger charge is 2.32. The number of hydrogen-bond donors (Lipinski definition) is 1. The Morgan fingerprint density at radius 1 is 0.875 bits per heavy atom. The maximum absolute atomic E-state index is 12.5. The number of thioether (sulfide) groups is 2. The van der Waals surface area contributed by atoms with Crippen LogP contribution in [0.25, 0.3) is 0 Å². The number of carbonyl (C=O) groups is 1. The van der Waals surface area contributed by atoms with Gasteiger partial charge < -0.3 is 23.7 Å². The molecule has 1 aliphatic heterocycles. The second-order valence-corrected chi connectivity index (χ2v) is 9.63. The van der Waals surface area contributed by atoms with Crippen LogP contribution in [0.4, 0.5) is 0 Å². The zero-order chi connectivity index (χ0) is 23.4. The van der Waals surface area contributed by atoms with Gasteiger partial charge in [-0.2, -0.15) is 0 Å². The van der Waals surface area contributed by atoms with Gasteiger partial charge in [-0.1, -0.05) is 0 Å². The molecule has 0 saturated carbocycles. The van der Waals surface area contributed by atoms with Gasteiger partial charge in [0.2, 0.25) is 5.75 Å². The monoisotopic (exact) mass is 481 g/mol. The first-order chi connectivity index (χ1) is 15.4. The molecule has 2 aromatic carbocycles. The van der Waals surface area contributed by atoms with E-state index in [1.807, 2.05) is 18.2 Å². The molecule has 1 aliphatic rings. The molecule has 0 bridgehead atoms. The van der Waals surface area contributed by atoms with Crippen molar-refractivity contribution in [2.45, 2.75) is 9.83 Å². The van der Waals surface area contributed by atoms with Gasteiger partial charge in [0, 0.05) is 18.1 Å². The Balaban J connectivity index is 1.94. The number of hydrogen-bond acceptors (Lipinski definition) is 9. The van der Waals surface area contributed by atoms with Crippen molar-refractivity contribution in [3.63, 3.8) is 0 Å². The van der Waals surface area contributed by atoms with Gasteiger partial charge in [-0.3, -0.25) is 10.0 Å². The summed E-state index contributed by atoms with van der Waals surface area (Å²) in [5.74, 6) is 2.76. The molecule has 0 aromatic heterocycles. The molecule has 1 N–H and O–H groups in total. The summed E-state index contributed by atoms with van der Waals surface area (Å²) in [6.07, 6.45) is 0. The molecule has 2 aromatic rings. The molecule has 1 amide bonds. The fourth-order valence-electron chi connectivity index (χ4n) is 3.49. The van der Waals surface area contributed by atoms with Crippen LogP contribution < -0.4 is 23.7 Å². The van der Waals surface area contributed by atoms with Crippen LogP contribution in [0.15, 0.2) is 24.3 Å². The van der Waals surface area contributed by atoms with E-state index in [2.05, 4.69) is 0 Å². The van der Waals surface area contributed by atoms with Crippen LogP contribution in [0, 0.1) is 0 Å². The third-order valence-electron chi connectivity index (χ3n) is 5.04. The Kier molecular flexibility index (Phi) is 7.91. The third kappa shape index (κ3) is 4.67. The SMILES string of the molecule is COc1cc([C@@H]2SC[C@@H](c3cc(OC)c(OC)c(C(=O)N(C)O)c3)S2)cc(OC)c1OC. The summed E-state index contributed by atoms with van der Waals surface area (Å²) < 4.78 is 27.4. The molecule has 0 aliphatic carbocycles. The first-order valence-electron chi connectivity index (χ1n) is 9.68. The number of hydroxylamine groups is 2. The highest BCUT2D eigenvalue weighted by atomic mass is 32.2. The van der Waals surface area contributed by atoms with Crippen molar-refractivity contribution in [1.82, 2.24) is 5.06 Å². The first-order valence-corrected chi connectivity index (χ1v) is 11.7. The van der Waals surface area contributed by atoms with E-state index in [9.17, 15) is 10.0 Å². The second-order valence-electron chi connectivity index (χ2n) is 6.88. The van der Waals surface area contributed by atoms with Crippen molar-refractivity contribution in [1.29, 1.82) is 0 Å². The van der Waals surface area contributed by atoms with Crippen molar-refractivity contribution < 1.29 is 33.7 Å². The average molecular weight is 482 g/mol. The van der Waals surface area contributed by atoms with Crippen LogP contribution >= 0.6 is 23.5 Å². The fraction of sp³-hybridized carbons (Fsp3) is 0.409. The lowest BCUT2D eigenvalue weighted by Crippen LogP contribution is -2.23.